The number of hydrogen-bond donors (Lipinski definition) is 1. The van der Waals surface area contributed by atoms with Gasteiger partial charge in [0, 0.05) is 28.8 Å². The van der Waals surface area contributed by atoms with Crippen LogP contribution in [0.1, 0.15) is 24.2 Å². The first-order valence-electron chi connectivity index (χ1n) is 6.16. The second-order valence-electron chi connectivity index (χ2n) is 4.51. The summed E-state index contributed by atoms with van der Waals surface area (Å²) in [7, 11) is 0. The van der Waals surface area contributed by atoms with Crippen molar-refractivity contribution in [1.82, 2.24) is 0 Å². The molecule has 0 atom stereocenters. The van der Waals surface area contributed by atoms with Crippen molar-refractivity contribution in [2.75, 3.05) is 5.32 Å². The highest BCUT2D eigenvalue weighted by atomic mass is 35.5. The molecule has 0 saturated heterocycles. The third-order valence-corrected chi connectivity index (χ3v) is 3.11. The van der Waals surface area contributed by atoms with Crippen molar-refractivity contribution in [3.05, 3.63) is 53.1 Å². The van der Waals surface area contributed by atoms with Crippen molar-refractivity contribution in [3.63, 3.8) is 0 Å². The fourth-order valence-corrected chi connectivity index (χ4v) is 2.13. The summed E-state index contributed by atoms with van der Waals surface area (Å²) in [4.78, 5) is 22.7. The number of nitrogens with one attached hydrogen (secondary N) is 1. The van der Waals surface area contributed by atoms with Gasteiger partial charge in [0.25, 0.3) is 0 Å². The molecule has 3 nitrogen and oxygen atoms in total. The smallest absolute Gasteiger partial charge is 0.221 e. The van der Waals surface area contributed by atoms with Crippen molar-refractivity contribution in [2.24, 2.45) is 0 Å². The number of anilines is 1. The Morgan fingerprint density at radius 2 is 1.80 bits per heavy atom. The third-order valence-electron chi connectivity index (χ3n) is 2.87. The Balaban J connectivity index is 2.55. The van der Waals surface area contributed by atoms with E-state index in [2.05, 4.69) is 5.32 Å². The largest absolute Gasteiger partial charge is 0.326 e. The van der Waals surface area contributed by atoms with E-state index in [1.54, 1.807) is 30.3 Å². The lowest BCUT2D eigenvalue weighted by Crippen LogP contribution is -2.07. The van der Waals surface area contributed by atoms with Gasteiger partial charge in [-0.25, -0.2) is 0 Å². The Kier molecular flexibility index (Phi) is 4.20. The molecule has 0 aliphatic rings. The number of halogens is 1. The third kappa shape index (κ3) is 3.25. The summed E-state index contributed by atoms with van der Waals surface area (Å²) < 4.78 is 0. The van der Waals surface area contributed by atoms with Crippen LogP contribution in [0.15, 0.2) is 42.5 Å². The van der Waals surface area contributed by atoms with Gasteiger partial charge in [-0.3, -0.25) is 9.59 Å². The molecule has 0 spiro atoms. The molecule has 102 valence electrons. The number of Topliss-reactive ketones (excluding diaryl/α,β-unsaturated/α-hetero) is 1. The molecule has 0 bridgehead atoms. The quantitative estimate of drug-likeness (QED) is 0.861. The minimum absolute atomic E-state index is 0.00467. The Bertz CT molecular complexity index is 680. The Morgan fingerprint density at radius 1 is 1.05 bits per heavy atom. The van der Waals surface area contributed by atoms with Crippen LogP contribution in [-0.4, -0.2) is 11.7 Å². The standard InChI is InChI=1S/C16H14ClNO2/c1-10(19)12-4-3-5-13(8-12)15-9-14(17)6-7-16(15)18-11(2)20/h3-9H,1-2H3,(H,18,20). The number of amides is 1. The molecule has 0 fully saturated rings. The molecule has 0 radical (unpaired) electrons. The molecular formula is C16H14ClNO2. The number of carbonyl (C=O) groups excluding carboxylic acids is 2. The van der Waals surface area contributed by atoms with Gasteiger partial charge in [0.2, 0.25) is 5.91 Å². The zero-order valence-electron chi connectivity index (χ0n) is 11.2. The lowest BCUT2D eigenvalue weighted by atomic mass is 10.00. The van der Waals surface area contributed by atoms with E-state index in [0.29, 0.717) is 16.3 Å². The van der Waals surface area contributed by atoms with Gasteiger partial charge in [-0.2, -0.15) is 0 Å². The predicted octanol–water partition coefficient (Wildman–Crippen LogP) is 4.17. The van der Waals surface area contributed by atoms with E-state index in [9.17, 15) is 9.59 Å². The molecular weight excluding hydrogens is 274 g/mol. The fraction of sp³-hybridized carbons (Fsp3) is 0.125. The van der Waals surface area contributed by atoms with Crippen LogP contribution in [0.5, 0.6) is 0 Å². The first kappa shape index (κ1) is 14.3. The Labute approximate surface area is 122 Å². The molecule has 0 heterocycles. The monoisotopic (exact) mass is 287 g/mol. The highest BCUT2D eigenvalue weighted by Gasteiger charge is 2.09. The van der Waals surface area contributed by atoms with E-state index in [0.717, 1.165) is 11.1 Å². The summed E-state index contributed by atoms with van der Waals surface area (Å²) in [6.45, 7) is 2.97. The number of benzene rings is 2. The van der Waals surface area contributed by atoms with E-state index >= 15 is 0 Å². The first-order valence-corrected chi connectivity index (χ1v) is 6.53. The van der Waals surface area contributed by atoms with E-state index in [1.807, 2.05) is 12.1 Å². The molecule has 4 heteroatoms. The first-order chi connectivity index (χ1) is 9.47. The van der Waals surface area contributed by atoms with Crippen LogP contribution in [0.3, 0.4) is 0 Å². The lowest BCUT2D eigenvalue weighted by molar-refractivity contribution is -0.114. The summed E-state index contributed by atoms with van der Waals surface area (Å²) in [5.74, 6) is -0.161. The van der Waals surface area contributed by atoms with Gasteiger partial charge in [-0.05, 0) is 36.8 Å². The van der Waals surface area contributed by atoms with E-state index in [-0.39, 0.29) is 11.7 Å². The van der Waals surface area contributed by atoms with Gasteiger partial charge in [0.05, 0.1) is 0 Å². The molecule has 0 saturated carbocycles. The van der Waals surface area contributed by atoms with Crippen LogP contribution in [0, 0.1) is 0 Å². The predicted molar refractivity (Wildman–Crippen MR) is 81.2 cm³/mol. The van der Waals surface area contributed by atoms with Gasteiger partial charge < -0.3 is 5.32 Å². The molecule has 1 N–H and O–H groups in total. The minimum Gasteiger partial charge on any atom is -0.326 e. The minimum atomic E-state index is -0.156. The number of carbonyl (C=O) groups is 2. The van der Waals surface area contributed by atoms with E-state index in [4.69, 9.17) is 11.6 Å². The maximum atomic E-state index is 11.5. The second-order valence-corrected chi connectivity index (χ2v) is 4.94. The molecule has 2 rings (SSSR count). The summed E-state index contributed by atoms with van der Waals surface area (Å²) in [5, 5.41) is 3.34. The van der Waals surface area contributed by atoms with Gasteiger partial charge in [-0.1, -0.05) is 29.8 Å². The van der Waals surface area contributed by atoms with Crippen LogP contribution in [-0.2, 0) is 4.79 Å². The van der Waals surface area contributed by atoms with Crippen molar-refractivity contribution in [2.45, 2.75) is 13.8 Å². The van der Waals surface area contributed by atoms with Crippen molar-refractivity contribution < 1.29 is 9.59 Å². The molecule has 2 aromatic carbocycles. The molecule has 0 aliphatic heterocycles. The Morgan fingerprint density at radius 3 is 2.45 bits per heavy atom. The second kappa shape index (κ2) is 5.88. The maximum absolute atomic E-state index is 11.5. The number of ketones is 1. The lowest BCUT2D eigenvalue weighted by Gasteiger charge is -2.11. The van der Waals surface area contributed by atoms with Crippen molar-refractivity contribution >= 4 is 29.0 Å². The normalized spacial score (nSPS) is 10.2. The zero-order chi connectivity index (χ0) is 14.7. The van der Waals surface area contributed by atoms with Crippen LogP contribution in [0.4, 0.5) is 5.69 Å². The van der Waals surface area contributed by atoms with Crippen LogP contribution in [0.25, 0.3) is 11.1 Å². The molecule has 1 amide bonds. The molecule has 2 aromatic rings. The fourth-order valence-electron chi connectivity index (χ4n) is 1.96. The molecule has 20 heavy (non-hydrogen) atoms. The van der Waals surface area contributed by atoms with Crippen LogP contribution >= 0.6 is 11.6 Å². The maximum Gasteiger partial charge on any atom is 0.221 e. The number of hydrogen-bond acceptors (Lipinski definition) is 2. The summed E-state index contributed by atoms with van der Waals surface area (Å²) in [6.07, 6.45) is 0. The topological polar surface area (TPSA) is 46.2 Å². The van der Waals surface area contributed by atoms with Crippen LogP contribution < -0.4 is 5.32 Å². The van der Waals surface area contributed by atoms with Crippen molar-refractivity contribution in [3.8, 4) is 11.1 Å². The van der Waals surface area contributed by atoms with Gasteiger partial charge in [0.1, 0.15) is 0 Å². The summed E-state index contributed by atoms with van der Waals surface area (Å²) in [5.41, 5.74) is 2.92. The van der Waals surface area contributed by atoms with Crippen LogP contribution in [0.2, 0.25) is 5.02 Å². The summed E-state index contributed by atoms with van der Waals surface area (Å²) in [6, 6.07) is 12.5. The SMILES string of the molecule is CC(=O)Nc1ccc(Cl)cc1-c1cccc(C(C)=O)c1. The Hall–Kier alpha value is -2.13. The van der Waals surface area contributed by atoms with Gasteiger partial charge in [0.15, 0.2) is 5.78 Å². The molecule has 0 aliphatic carbocycles. The molecule has 0 unspecified atom stereocenters. The highest BCUT2D eigenvalue weighted by molar-refractivity contribution is 6.31. The summed E-state index contributed by atoms with van der Waals surface area (Å²) >= 11 is 6.03. The molecule has 0 aromatic heterocycles. The zero-order valence-corrected chi connectivity index (χ0v) is 12.0. The average molecular weight is 288 g/mol. The van der Waals surface area contributed by atoms with E-state index in [1.165, 1.54) is 13.8 Å². The highest BCUT2D eigenvalue weighted by Crippen LogP contribution is 2.31. The van der Waals surface area contributed by atoms with Gasteiger partial charge >= 0.3 is 0 Å². The number of rotatable bonds is 3. The van der Waals surface area contributed by atoms with E-state index < -0.39 is 0 Å². The van der Waals surface area contributed by atoms with Gasteiger partial charge in [-0.15, -0.1) is 0 Å². The average Bonchev–Trinajstić information content (AvgIpc) is 2.40. The van der Waals surface area contributed by atoms with Crippen molar-refractivity contribution in [1.29, 1.82) is 0 Å².